The highest BCUT2D eigenvalue weighted by Gasteiger charge is 2.47. The average molecular weight is 246 g/mol. The van der Waals surface area contributed by atoms with Crippen LogP contribution >= 0.6 is 0 Å². The predicted molar refractivity (Wildman–Crippen MR) is 67.9 cm³/mol. The molecule has 0 heterocycles. The van der Waals surface area contributed by atoms with E-state index < -0.39 is 5.97 Å². The lowest BCUT2D eigenvalue weighted by atomic mass is 9.91. The second-order valence-corrected chi connectivity index (χ2v) is 5.52. The molecule has 96 valence electrons. The minimum atomic E-state index is -0.717. The molecule has 1 N–H and O–H groups in total. The van der Waals surface area contributed by atoms with Gasteiger partial charge in [-0.25, -0.2) is 0 Å². The molecule has 2 aliphatic rings. The van der Waals surface area contributed by atoms with E-state index in [-0.39, 0.29) is 11.8 Å². The zero-order chi connectivity index (χ0) is 12.6. The molecule has 0 unspecified atom stereocenters. The number of carboxylic acids is 1. The van der Waals surface area contributed by atoms with Crippen molar-refractivity contribution in [2.24, 2.45) is 0 Å². The quantitative estimate of drug-likeness (QED) is 0.868. The first-order valence-corrected chi connectivity index (χ1v) is 6.68. The van der Waals surface area contributed by atoms with Gasteiger partial charge in [0.05, 0.1) is 12.5 Å². The summed E-state index contributed by atoms with van der Waals surface area (Å²) in [5.74, 6) is 0.187. The zero-order valence-corrected chi connectivity index (χ0v) is 10.4. The van der Waals surface area contributed by atoms with Gasteiger partial charge in [-0.3, -0.25) is 4.79 Å². The molecule has 0 spiro atoms. The van der Waals surface area contributed by atoms with Crippen molar-refractivity contribution in [3.8, 4) is 5.75 Å². The molecule has 1 aromatic carbocycles. The number of benzene rings is 1. The van der Waals surface area contributed by atoms with E-state index in [0.717, 1.165) is 37.0 Å². The Labute approximate surface area is 107 Å². The van der Waals surface area contributed by atoms with Gasteiger partial charge in [0.25, 0.3) is 0 Å². The van der Waals surface area contributed by atoms with E-state index in [2.05, 4.69) is 0 Å². The summed E-state index contributed by atoms with van der Waals surface area (Å²) in [6, 6.07) is 7.96. The van der Waals surface area contributed by atoms with E-state index in [1.807, 2.05) is 24.3 Å². The molecular weight excluding hydrogens is 228 g/mol. The summed E-state index contributed by atoms with van der Waals surface area (Å²) in [6.45, 7) is 0. The number of carboxylic acid groups (broad SMARTS) is 1. The molecule has 3 heteroatoms. The molecule has 1 aromatic rings. The second-order valence-electron chi connectivity index (χ2n) is 5.52. The fourth-order valence-corrected chi connectivity index (χ4v) is 2.66. The number of hydrogen-bond acceptors (Lipinski definition) is 2. The number of hydrogen-bond donors (Lipinski definition) is 1. The molecular formula is C15H18O3. The van der Waals surface area contributed by atoms with Gasteiger partial charge in [0.15, 0.2) is 0 Å². The Kier molecular flexibility index (Phi) is 2.77. The summed E-state index contributed by atoms with van der Waals surface area (Å²) in [4.78, 5) is 11.0. The van der Waals surface area contributed by atoms with Crippen LogP contribution in [0.25, 0.3) is 0 Å². The van der Waals surface area contributed by atoms with E-state index in [0.29, 0.717) is 6.10 Å². The van der Waals surface area contributed by atoms with E-state index in [1.165, 1.54) is 6.42 Å². The summed E-state index contributed by atoms with van der Waals surface area (Å²) in [6.07, 6.45) is 5.98. The van der Waals surface area contributed by atoms with E-state index in [9.17, 15) is 4.79 Å². The first kappa shape index (κ1) is 11.6. The molecule has 0 aliphatic heterocycles. The van der Waals surface area contributed by atoms with Gasteiger partial charge in [-0.2, -0.15) is 0 Å². The van der Waals surface area contributed by atoms with E-state index in [1.54, 1.807) is 0 Å². The van der Waals surface area contributed by atoms with Gasteiger partial charge in [-0.15, -0.1) is 0 Å². The summed E-state index contributed by atoms with van der Waals surface area (Å²) in [7, 11) is 0. The second kappa shape index (κ2) is 4.30. The van der Waals surface area contributed by atoms with Crippen molar-refractivity contribution in [2.45, 2.75) is 50.0 Å². The summed E-state index contributed by atoms with van der Waals surface area (Å²) >= 11 is 0. The highest BCUT2D eigenvalue weighted by Crippen LogP contribution is 2.54. The molecule has 2 fully saturated rings. The molecule has 2 aliphatic carbocycles. The molecule has 0 bridgehead atoms. The lowest BCUT2D eigenvalue weighted by Gasteiger charge is -2.28. The molecule has 2 saturated carbocycles. The van der Waals surface area contributed by atoms with Crippen LogP contribution in [0.5, 0.6) is 5.75 Å². The van der Waals surface area contributed by atoms with Crippen LogP contribution in [0, 0.1) is 0 Å². The topological polar surface area (TPSA) is 46.5 Å². The summed E-state index contributed by atoms with van der Waals surface area (Å²) < 4.78 is 6.00. The maximum Gasteiger partial charge on any atom is 0.304 e. The predicted octanol–water partition coefficient (Wildman–Crippen LogP) is 3.12. The van der Waals surface area contributed by atoms with Crippen molar-refractivity contribution in [1.82, 2.24) is 0 Å². The lowest BCUT2D eigenvalue weighted by molar-refractivity contribution is -0.137. The Bertz CT molecular complexity index is 459. The highest BCUT2D eigenvalue weighted by atomic mass is 16.5. The van der Waals surface area contributed by atoms with E-state index in [4.69, 9.17) is 9.84 Å². The van der Waals surface area contributed by atoms with Gasteiger partial charge in [0.2, 0.25) is 0 Å². The monoisotopic (exact) mass is 246 g/mol. The maximum atomic E-state index is 11.0. The zero-order valence-electron chi connectivity index (χ0n) is 10.4. The van der Waals surface area contributed by atoms with Crippen LogP contribution < -0.4 is 4.74 Å². The Balaban J connectivity index is 1.84. The Hall–Kier alpha value is -1.51. The molecule has 18 heavy (non-hydrogen) atoms. The van der Waals surface area contributed by atoms with Crippen LogP contribution in [0.2, 0.25) is 0 Å². The standard InChI is InChI=1S/C15H18O3/c16-14(17)10-15(8-9-15)12-6-1-2-7-13(12)18-11-4-3-5-11/h1-2,6-7,11H,3-5,8-10H2,(H,16,17). The van der Waals surface area contributed by atoms with Crippen LogP contribution in [-0.4, -0.2) is 17.2 Å². The average Bonchev–Trinajstić information content (AvgIpc) is 3.04. The van der Waals surface area contributed by atoms with Crippen molar-refractivity contribution in [1.29, 1.82) is 0 Å². The maximum absolute atomic E-state index is 11.0. The minimum Gasteiger partial charge on any atom is -0.490 e. The molecule has 0 radical (unpaired) electrons. The Morgan fingerprint density at radius 1 is 1.33 bits per heavy atom. The first-order valence-electron chi connectivity index (χ1n) is 6.68. The van der Waals surface area contributed by atoms with Crippen LogP contribution in [0.15, 0.2) is 24.3 Å². The molecule has 3 nitrogen and oxygen atoms in total. The largest absolute Gasteiger partial charge is 0.490 e. The summed E-state index contributed by atoms with van der Waals surface area (Å²) in [5.41, 5.74) is 0.936. The molecule has 0 amide bonds. The fraction of sp³-hybridized carbons (Fsp3) is 0.533. The number of ether oxygens (including phenoxy) is 1. The molecule has 0 saturated heterocycles. The third-order valence-corrected chi connectivity index (χ3v) is 4.15. The SMILES string of the molecule is O=C(O)CC1(c2ccccc2OC2CCC2)CC1. The number of aliphatic carboxylic acids is 1. The Morgan fingerprint density at radius 3 is 2.61 bits per heavy atom. The third kappa shape index (κ3) is 2.09. The van der Waals surface area contributed by atoms with Gasteiger partial charge in [-0.1, -0.05) is 18.2 Å². The molecule has 3 rings (SSSR count). The number of carbonyl (C=O) groups is 1. The van der Waals surface area contributed by atoms with Crippen molar-refractivity contribution < 1.29 is 14.6 Å². The Morgan fingerprint density at radius 2 is 2.06 bits per heavy atom. The lowest BCUT2D eigenvalue weighted by Crippen LogP contribution is -2.26. The van der Waals surface area contributed by atoms with E-state index >= 15 is 0 Å². The van der Waals surface area contributed by atoms with Gasteiger partial charge in [-0.05, 0) is 38.2 Å². The van der Waals surface area contributed by atoms with Crippen LogP contribution in [0.4, 0.5) is 0 Å². The summed E-state index contributed by atoms with van der Waals surface area (Å²) in [5, 5.41) is 9.04. The highest BCUT2D eigenvalue weighted by molar-refractivity contribution is 5.70. The van der Waals surface area contributed by atoms with Crippen LogP contribution in [0.3, 0.4) is 0 Å². The first-order chi connectivity index (χ1) is 8.70. The number of para-hydroxylation sites is 1. The third-order valence-electron chi connectivity index (χ3n) is 4.15. The van der Waals surface area contributed by atoms with Gasteiger partial charge in [0, 0.05) is 11.0 Å². The normalized spacial score (nSPS) is 21.1. The number of rotatable bonds is 5. The smallest absolute Gasteiger partial charge is 0.304 e. The van der Waals surface area contributed by atoms with Gasteiger partial charge < -0.3 is 9.84 Å². The van der Waals surface area contributed by atoms with Crippen LogP contribution in [0.1, 0.15) is 44.1 Å². The van der Waals surface area contributed by atoms with Crippen molar-refractivity contribution in [3.05, 3.63) is 29.8 Å². The molecule has 0 atom stereocenters. The van der Waals surface area contributed by atoms with Crippen molar-refractivity contribution in [3.63, 3.8) is 0 Å². The fourth-order valence-electron chi connectivity index (χ4n) is 2.66. The molecule has 0 aromatic heterocycles. The van der Waals surface area contributed by atoms with Crippen molar-refractivity contribution in [2.75, 3.05) is 0 Å². The minimum absolute atomic E-state index is 0.161. The van der Waals surface area contributed by atoms with Crippen LogP contribution in [-0.2, 0) is 10.2 Å². The van der Waals surface area contributed by atoms with Crippen molar-refractivity contribution >= 4 is 5.97 Å². The van der Waals surface area contributed by atoms with Gasteiger partial charge in [0.1, 0.15) is 5.75 Å². The van der Waals surface area contributed by atoms with Gasteiger partial charge >= 0.3 is 5.97 Å².